The molecule has 7 heteroatoms. The second-order valence-electron chi connectivity index (χ2n) is 6.75. The summed E-state index contributed by atoms with van der Waals surface area (Å²) in [5, 5.41) is 2.03. The fourth-order valence-electron chi connectivity index (χ4n) is 3.15. The van der Waals surface area contributed by atoms with E-state index in [1.807, 2.05) is 30.3 Å². The van der Waals surface area contributed by atoms with Crippen molar-refractivity contribution in [2.24, 2.45) is 0 Å². The van der Waals surface area contributed by atoms with Gasteiger partial charge in [-0.3, -0.25) is 0 Å². The Morgan fingerprint density at radius 2 is 1.66 bits per heavy atom. The van der Waals surface area contributed by atoms with Gasteiger partial charge < -0.3 is 0 Å². The van der Waals surface area contributed by atoms with Crippen LogP contribution in [0.5, 0.6) is 0 Å². The summed E-state index contributed by atoms with van der Waals surface area (Å²) in [6.45, 7) is 0. The van der Waals surface area contributed by atoms with E-state index in [-0.39, 0.29) is 4.90 Å². The molecule has 146 valence electrons. The van der Waals surface area contributed by atoms with Gasteiger partial charge in [-0.2, -0.15) is 0 Å². The Kier molecular flexibility index (Phi) is 5.30. The summed E-state index contributed by atoms with van der Waals surface area (Å²) in [5.41, 5.74) is 3.30. The third-order valence-electron chi connectivity index (χ3n) is 4.57. The van der Waals surface area contributed by atoms with E-state index in [1.165, 1.54) is 6.26 Å². The van der Waals surface area contributed by atoms with Gasteiger partial charge in [-0.05, 0) is 47.5 Å². The molecule has 0 bridgehead atoms. The lowest BCUT2D eigenvalue weighted by Crippen LogP contribution is -2.00. The average Bonchev–Trinajstić information content (AvgIpc) is 2.67. The molecule has 4 aromatic rings. The van der Waals surface area contributed by atoms with E-state index in [0.717, 1.165) is 27.6 Å². The SMILES string of the molecule is CS(=O)(=O)c1cccc(Cc2ncc3cc(-c4c(Cl)cccc4Cl)ccc3n2)c1. The van der Waals surface area contributed by atoms with E-state index in [1.54, 1.807) is 36.5 Å². The number of fused-ring (bicyclic) bond motifs is 1. The first-order valence-electron chi connectivity index (χ1n) is 8.80. The van der Waals surface area contributed by atoms with Crippen molar-refractivity contribution in [3.63, 3.8) is 0 Å². The molecule has 4 rings (SSSR count). The zero-order valence-corrected chi connectivity index (χ0v) is 17.8. The van der Waals surface area contributed by atoms with E-state index < -0.39 is 9.84 Å². The number of rotatable bonds is 4. The number of aromatic nitrogens is 2. The number of halogens is 2. The van der Waals surface area contributed by atoms with Crippen LogP contribution in [-0.4, -0.2) is 24.6 Å². The Hall–Kier alpha value is -2.47. The van der Waals surface area contributed by atoms with Gasteiger partial charge in [-0.25, -0.2) is 18.4 Å². The quantitative estimate of drug-likeness (QED) is 0.412. The largest absolute Gasteiger partial charge is 0.240 e. The third-order valence-corrected chi connectivity index (χ3v) is 6.31. The first kappa shape index (κ1) is 19.8. The van der Waals surface area contributed by atoms with Crippen molar-refractivity contribution < 1.29 is 8.42 Å². The first-order chi connectivity index (χ1) is 13.8. The normalized spacial score (nSPS) is 11.7. The monoisotopic (exact) mass is 442 g/mol. The fraction of sp³-hybridized carbons (Fsp3) is 0.0909. The lowest BCUT2D eigenvalue weighted by atomic mass is 10.0. The topological polar surface area (TPSA) is 59.9 Å². The van der Waals surface area contributed by atoms with Crippen LogP contribution in [0, 0.1) is 0 Å². The Morgan fingerprint density at radius 3 is 2.38 bits per heavy atom. The number of nitrogens with zero attached hydrogens (tertiary/aromatic N) is 2. The van der Waals surface area contributed by atoms with Crippen molar-refractivity contribution in [1.82, 2.24) is 9.97 Å². The molecule has 1 aromatic heterocycles. The molecule has 29 heavy (non-hydrogen) atoms. The molecular weight excluding hydrogens is 427 g/mol. The summed E-state index contributed by atoms with van der Waals surface area (Å²) in [4.78, 5) is 9.35. The van der Waals surface area contributed by atoms with Crippen LogP contribution in [0.2, 0.25) is 10.0 Å². The van der Waals surface area contributed by atoms with Gasteiger partial charge in [0.25, 0.3) is 0 Å². The Bertz CT molecular complexity index is 1320. The molecule has 0 aliphatic heterocycles. The Morgan fingerprint density at radius 1 is 0.931 bits per heavy atom. The van der Waals surface area contributed by atoms with Crippen molar-refractivity contribution in [2.45, 2.75) is 11.3 Å². The highest BCUT2D eigenvalue weighted by atomic mass is 35.5. The van der Waals surface area contributed by atoms with E-state index in [4.69, 9.17) is 23.2 Å². The molecule has 0 spiro atoms. The lowest BCUT2D eigenvalue weighted by molar-refractivity contribution is 0.601. The molecular formula is C22H16Cl2N2O2S. The second-order valence-corrected chi connectivity index (χ2v) is 9.58. The van der Waals surface area contributed by atoms with E-state index in [2.05, 4.69) is 9.97 Å². The van der Waals surface area contributed by atoms with E-state index >= 15 is 0 Å². The number of sulfone groups is 1. The maximum absolute atomic E-state index is 11.8. The predicted molar refractivity (Wildman–Crippen MR) is 117 cm³/mol. The van der Waals surface area contributed by atoms with Crippen LogP contribution < -0.4 is 0 Å². The van der Waals surface area contributed by atoms with E-state index in [9.17, 15) is 8.42 Å². The molecule has 0 N–H and O–H groups in total. The van der Waals surface area contributed by atoms with Gasteiger partial charge in [0.05, 0.1) is 10.4 Å². The summed E-state index contributed by atoms with van der Waals surface area (Å²) < 4.78 is 23.5. The van der Waals surface area contributed by atoms with Crippen LogP contribution in [0.4, 0.5) is 0 Å². The molecule has 4 nitrogen and oxygen atoms in total. The summed E-state index contributed by atoms with van der Waals surface area (Å²) in [6.07, 6.45) is 3.39. The lowest BCUT2D eigenvalue weighted by Gasteiger charge is -2.09. The van der Waals surface area contributed by atoms with E-state index in [0.29, 0.717) is 22.3 Å². The van der Waals surface area contributed by atoms with Gasteiger partial charge in [0, 0.05) is 39.9 Å². The molecule has 0 fully saturated rings. The molecule has 0 saturated carbocycles. The minimum atomic E-state index is -3.25. The van der Waals surface area contributed by atoms with Gasteiger partial charge in [0.2, 0.25) is 0 Å². The van der Waals surface area contributed by atoms with Gasteiger partial charge in [0.15, 0.2) is 9.84 Å². The van der Waals surface area contributed by atoms with Crippen LogP contribution in [0.15, 0.2) is 71.8 Å². The molecule has 0 radical (unpaired) electrons. The third kappa shape index (κ3) is 4.27. The minimum Gasteiger partial charge on any atom is -0.240 e. The van der Waals surface area contributed by atoms with Gasteiger partial charge >= 0.3 is 0 Å². The standard InChI is InChI=1S/C22H16Cl2N2O2S/c1-29(27,28)17-5-2-4-14(10-17)11-21-25-13-16-12-15(8-9-20(16)26-21)22-18(23)6-3-7-19(22)24/h2-10,12-13H,11H2,1H3. The van der Waals surface area contributed by atoms with Crippen molar-refractivity contribution in [1.29, 1.82) is 0 Å². The number of hydrogen-bond donors (Lipinski definition) is 0. The second kappa shape index (κ2) is 7.75. The summed E-state index contributed by atoms with van der Waals surface area (Å²) >= 11 is 12.6. The zero-order valence-electron chi connectivity index (χ0n) is 15.4. The average molecular weight is 443 g/mol. The molecule has 0 aliphatic rings. The van der Waals surface area contributed by atoms with Gasteiger partial charge in [0.1, 0.15) is 5.82 Å². The maximum Gasteiger partial charge on any atom is 0.175 e. The van der Waals surface area contributed by atoms with Crippen molar-refractivity contribution in [3.05, 3.63) is 88.3 Å². The van der Waals surface area contributed by atoms with Gasteiger partial charge in [-0.15, -0.1) is 0 Å². The minimum absolute atomic E-state index is 0.289. The van der Waals surface area contributed by atoms with Crippen LogP contribution in [0.25, 0.3) is 22.0 Å². The Balaban J connectivity index is 1.68. The summed E-state index contributed by atoms with van der Waals surface area (Å²) in [6, 6.07) is 18.0. The predicted octanol–water partition coefficient (Wildman–Crippen LogP) is 5.60. The summed E-state index contributed by atoms with van der Waals surface area (Å²) in [5.74, 6) is 0.617. The van der Waals surface area contributed by atoms with Crippen molar-refractivity contribution in [3.8, 4) is 11.1 Å². The molecule has 3 aromatic carbocycles. The highest BCUT2D eigenvalue weighted by molar-refractivity contribution is 7.90. The fourth-order valence-corrected chi connectivity index (χ4v) is 4.46. The molecule has 1 heterocycles. The maximum atomic E-state index is 11.8. The molecule has 0 amide bonds. The molecule has 0 atom stereocenters. The molecule has 0 aliphatic carbocycles. The highest BCUT2D eigenvalue weighted by Crippen LogP contribution is 2.35. The number of benzene rings is 3. The molecule has 0 saturated heterocycles. The summed E-state index contributed by atoms with van der Waals surface area (Å²) in [7, 11) is -3.25. The Labute approximate surface area is 179 Å². The van der Waals surface area contributed by atoms with Crippen LogP contribution >= 0.6 is 23.2 Å². The first-order valence-corrected chi connectivity index (χ1v) is 11.4. The van der Waals surface area contributed by atoms with Crippen LogP contribution in [-0.2, 0) is 16.3 Å². The smallest absolute Gasteiger partial charge is 0.175 e. The van der Waals surface area contributed by atoms with Crippen LogP contribution in [0.1, 0.15) is 11.4 Å². The van der Waals surface area contributed by atoms with Crippen molar-refractivity contribution >= 4 is 43.9 Å². The van der Waals surface area contributed by atoms with Gasteiger partial charge in [-0.1, -0.05) is 47.5 Å². The highest BCUT2D eigenvalue weighted by Gasteiger charge is 2.11. The van der Waals surface area contributed by atoms with Crippen LogP contribution in [0.3, 0.4) is 0 Å². The van der Waals surface area contributed by atoms with Crippen molar-refractivity contribution in [2.75, 3.05) is 6.26 Å². The zero-order chi connectivity index (χ0) is 20.6. The number of hydrogen-bond acceptors (Lipinski definition) is 4. The molecule has 0 unspecified atom stereocenters.